The van der Waals surface area contributed by atoms with Gasteiger partial charge >= 0.3 is 5.97 Å². The number of carbonyl (C=O) groups is 1. The van der Waals surface area contributed by atoms with Crippen molar-refractivity contribution < 1.29 is 18.3 Å². The molecule has 0 saturated heterocycles. The number of carboxylic acid groups (broad SMARTS) is 1. The summed E-state index contributed by atoms with van der Waals surface area (Å²) >= 11 is 1.06. The van der Waals surface area contributed by atoms with E-state index in [1.165, 1.54) is 6.20 Å². The number of nitrogens with zero attached hydrogens (tertiary/aromatic N) is 2. The number of anilines is 1. The van der Waals surface area contributed by atoms with E-state index in [9.17, 15) is 13.2 Å². The topological polar surface area (TPSA) is 87.6 Å². The number of hydrogen-bond donors (Lipinski definition) is 1. The largest absolute Gasteiger partial charge is 0.481 e. The molecule has 1 heterocycles. The van der Waals surface area contributed by atoms with Gasteiger partial charge in [0.05, 0.1) is 23.3 Å². The highest BCUT2D eigenvalue weighted by atomic mass is 32.2. The number of thiazole rings is 1. The van der Waals surface area contributed by atoms with Crippen LogP contribution in [0.2, 0.25) is 0 Å². The smallest absolute Gasteiger partial charge is 0.305 e. The van der Waals surface area contributed by atoms with E-state index >= 15 is 0 Å². The normalized spacial score (nSPS) is 11.3. The molecule has 8 heteroatoms. The van der Waals surface area contributed by atoms with Gasteiger partial charge in [-0.3, -0.25) is 9.10 Å². The first-order valence-electron chi connectivity index (χ1n) is 6.13. The van der Waals surface area contributed by atoms with Gasteiger partial charge in [0, 0.05) is 6.54 Å². The molecule has 1 aromatic carbocycles. The zero-order valence-electron chi connectivity index (χ0n) is 11.3. The molecule has 0 unspecified atom stereocenters. The van der Waals surface area contributed by atoms with Crippen LogP contribution in [-0.4, -0.2) is 31.0 Å². The van der Waals surface area contributed by atoms with Gasteiger partial charge in [-0.15, -0.1) is 11.3 Å². The third-order valence-corrected chi connectivity index (χ3v) is 5.89. The maximum atomic E-state index is 12.7. The summed E-state index contributed by atoms with van der Waals surface area (Å²) in [6.07, 6.45) is 1.03. The van der Waals surface area contributed by atoms with Gasteiger partial charge in [-0.2, -0.15) is 0 Å². The summed E-state index contributed by atoms with van der Waals surface area (Å²) < 4.78 is 26.5. The Hall–Kier alpha value is -1.93. The maximum absolute atomic E-state index is 12.7. The predicted molar refractivity (Wildman–Crippen MR) is 80.1 cm³/mol. The van der Waals surface area contributed by atoms with Crippen LogP contribution in [0.15, 0.2) is 40.7 Å². The number of aromatic nitrogens is 1. The van der Waals surface area contributed by atoms with Crippen molar-refractivity contribution in [1.82, 2.24) is 4.98 Å². The molecule has 2 rings (SSSR count). The molecule has 0 amide bonds. The lowest BCUT2D eigenvalue weighted by molar-refractivity contribution is -0.136. The Morgan fingerprint density at radius 1 is 1.33 bits per heavy atom. The summed E-state index contributed by atoms with van der Waals surface area (Å²) in [4.78, 5) is 14.7. The Morgan fingerprint density at radius 3 is 2.52 bits per heavy atom. The summed E-state index contributed by atoms with van der Waals surface area (Å²) in [6.45, 7) is 1.59. The summed E-state index contributed by atoms with van der Waals surface area (Å²) in [5, 5.41) is 9.46. The third-order valence-electron chi connectivity index (χ3n) is 2.72. The Kier molecular flexibility index (Phi) is 4.59. The molecule has 0 bridgehead atoms. The van der Waals surface area contributed by atoms with Crippen LogP contribution in [0.5, 0.6) is 0 Å². The van der Waals surface area contributed by atoms with E-state index in [2.05, 4.69) is 4.98 Å². The van der Waals surface area contributed by atoms with Crippen LogP contribution in [0.3, 0.4) is 0 Å². The minimum absolute atomic E-state index is 0.106. The number of benzene rings is 1. The van der Waals surface area contributed by atoms with Crippen molar-refractivity contribution in [2.75, 3.05) is 10.8 Å². The van der Waals surface area contributed by atoms with Crippen molar-refractivity contribution in [3.63, 3.8) is 0 Å². The van der Waals surface area contributed by atoms with Gasteiger partial charge in [-0.1, -0.05) is 18.2 Å². The van der Waals surface area contributed by atoms with Crippen LogP contribution in [0.1, 0.15) is 11.4 Å². The van der Waals surface area contributed by atoms with Gasteiger partial charge in [0.25, 0.3) is 10.0 Å². The molecule has 0 radical (unpaired) electrons. The molecule has 2 aromatic rings. The standard InChI is InChI=1S/C13H14N2O4S2/c1-10-14-9-13(20-10)21(18,19)15(8-7-12(16)17)11-5-3-2-4-6-11/h2-6,9H,7-8H2,1H3,(H,16,17). The van der Waals surface area contributed by atoms with Crippen molar-refractivity contribution in [3.05, 3.63) is 41.5 Å². The molecule has 0 saturated carbocycles. The minimum atomic E-state index is -3.80. The van der Waals surface area contributed by atoms with Crippen molar-refractivity contribution in [1.29, 1.82) is 0 Å². The van der Waals surface area contributed by atoms with E-state index < -0.39 is 16.0 Å². The molecule has 0 atom stereocenters. The number of hydrogen-bond acceptors (Lipinski definition) is 5. The van der Waals surface area contributed by atoms with E-state index in [1.54, 1.807) is 37.3 Å². The molecule has 0 fully saturated rings. The number of aryl methyl sites for hydroxylation is 1. The van der Waals surface area contributed by atoms with Gasteiger partial charge in [-0.05, 0) is 19.1 Å². The van der Waals surface area contributed by atoms with E-state index in [-0.39, 0.29) is 17.2 Å². The number of para-hydroxylation sites is 1. The second kappa shape index (κ2) is 6.23. The fraction of sp³-hybridized carbons (Fsp3) is 0.231. The number of carboxylic acids is 1. The van der Waals surface area contributed by atoms with Crippen LogP contribution in [0.4, 0.5) is 5.69 Å². The molecular weight excluding hydrogens is 312 g/mol. The van der Waals surface area contributed by atoms with Crippen molar-refractivity contribution in [2.45, 2.75) is 17.6 Å². The van der Waals surface area contributed by atoms with Crippen LogP contribution in [-0.2, 0) is 14.8 Å². The highest BCUT2D eigenvalue weighted by Gasteiger charge is 2.27. The van der Waals surface area contributed by atoms with Crippen LogP contribution < -0.4 is 4.31 Å². The van der Waals surface area contributed by atoms with Crippen LogP contribution in [0.25, 0.3) is 0 Å². The summed E-state index contributed by atoms with van der Waals surface area (Å²) in [6, 6.07) is 8.44. The summed E-state index contributed by atoms with van der Waals surface area (Å²) in [5.41, 5.74) is 0.435. The lowest BCUT2D eigenvalue weighted by Gasteiger charge is -2.22. The summed E-state index contributed by atoms with van der Waals surface area (Å²) in [7, 11) is -3.80. The predicted octanol–water partition coefficient (Wildman–Crippen LogP) is 2.12. The fourth-order valence-electron chi connectivity index (χ4n) is 1.75. The average Bonchev–Trinajstić information content (AvgIpc) is 2.87. The number of aliphatic carboxylic acids is 1. The Labute approximate surface area is 126 Å². The minimum Gasteiger partial charge on any atom is -0.481 e. The van der Waals surface area contributed by atoms with Crippen molar-refractivity contribution >= 4 is 33.0 Å². The van der Waals surface area contributed by atoms with Gasteiger partial charge in [0.15, 0.2) is 4.21 Å². The molecule has 112 valence electrons. The van der Waals surface area contributed by atoms with Gasteiger partial charge in [0.2, 0.25) is 0 Å². The molecular formula is C13H14N2O4S2. The second-order valence-corrected chi connectivity index (χ2v) is 7.58. The van der Waals surface area contributed by atoms with Crippen LogP contribution in [0, 0.1) is 6.92 Å². The fourth-order valence-corrected chi connectivity index (χ4v) is 4.44. The lowest BCUT2D eigenvalue weighted by atomic mass is 10.3. The molecule has 21 heavy (non-hydrogen) atoms. The molecule has 0 aliphatic heterocycles. The summed E-state index contributed by atoms with van der Waals surface area (Å²) in [5.74, 6) is -1.05. The van der Waals surface area contributed by atoms with Crippen molar-refractivity contribution in [3.8, 4) is 0 Å². The van der Waals surface area contributed by atoms with Crippen LogP contribution >= 0.6 is 11.3 Å². The quantitative estimate of drug-likeness (QED) is 0.878. The monoisotopic (exact) mass is 326 g/mol. The van der Waals surface area contributed by atoms with Crippen molar-refractivity contribution in [2.24, 2.45) is 0 Å². The maximum Gasteiger partial charge on any atom is 0.305 e. The highest BCUT2D eigenvalue weighted by Crippen LogP contribution is 2.27. The molecule has 0 aliphatic carbocycles. The molecule has 1 aromatic heterocycles. The second-order valence-electron chi connectivity index (χ2n) is 4.25. The zero-order chi connectivity index (χ0) is 15.5. The zero-order valence-corrected chi connectivity index (χ0v) is 12.9. The molecule has 0 spiro atoms. The van der Waals surface area contributed by atoms with E-state index in [0.29, 0.717) is 10.7 Å². The molecule has 6 nitrogen and oxygen atoms in total. The van der Waals surface area contributed by atoms with Gasteiger partial charge < -0.3 is 5.11 Å². The Morgan fingerprint density at radius 2 is 2.00 bits per heavy atom. The van der Waals surface area contributed by atoms with E-state index in [0.717, 1.165) is 15.6 Å². The lowest BCUT2D eigenvalue weighted by Crippen LogP contribution is -2.32. The first-order valence-corrected chi connectivity index (χ1v) is 8.39. The third kappa shape index (κ3) is 3.59. The SMILES string of the molecule is Cc1ncc(S(=O)(=O)N(CCC(=O)O)c2ccccc2)s1. The Bertz CT molecular complexity index is 726. The first kappa shape index (κ1) is 15.5. The highest BCUT2D eigenvalue weighted by molar-refractivity contribution is 7.94. The number of sulfonamides is 1. The van der Waals surface area contributed by atoms with E-state index in [1.807, 2.05) is 0 Å². The average molecular weight is 326 g/mol. The van der Waals surface area contributed by atoms with E-state index in [4.69, 9.17) is 5.11 Å². The van der Waals surface area contributed by atoms with Gasteiger partial charge in [-0.25, -0.2) is 13.4 Å². The Balaban J connectivity index is 2.41. The molecule has 1 N–H and O–H groups in total. The number of rotatable bonds is 6. The van der Waals surface area contributed by atoms with Gasteiger partial charge in [0.1, 0.15) is 0 Å². The molecule has 0 aliphatic rings. The first-order chi connectivity index (χ1) is 9.91.